The molecule has 230 valence electrons. The van der Waals surface area contributed by atoms with Gasteiger partial charge in [-0.1, -0.05) is 27.9 Å². The number of terminal acetylenes is 1. The molecule has 0 fully saturated rings. The number of hydrogen-bond donors (Lipinski definition) is 1. The highest BCUT2D eigenvalue weighted by Gasteiger charge is 2.71. The number of amides is 1. The maximum absolute atomic E-state index is 15.0. The molecule has 0 aliphatic rings. The van der Waals surface area contributed by atoms with E-state index in [9.17, 15) is 44.7 Å². The van der Waals surface area contributed by atoms with Crippen LogP contribution < -0.4 is 10.1 Å². The lowest BCUT2D eigenvalue weighted by Crippen LogP contribution is -2.49. The van der Waals surface area contributed by atoms with E-state index in [2.05, 4.69) is 31.9 Å². The SMILES string of the molecule is C#Cc1ccc(C(=O)Cc2c(Br)cc(C(F)(C(F)(F)F)C(F)(F)Br)cc2OC(F)F)cc1NC(=O)c1ccc(C#N)cc1C. The van der Waals surface area contributed by atoms with Gasteiger partial charge in [-0.2, -0.15) is 36.0 Å². The summed E-state index contributed by atoms with van der Waals surface area (Å²) in [7, 11) is 0. The van der Waals surface area contributed by atoms with Crippen molar-refractivity contribution in [3.63, 3.8) is 0 Å². The number of benzene rings is 3. The van der Waals surface area contributed by atoms with Crippen molar-refractivity contribution in [1.29, 1.82) is 5.26 Å². The quantitative estimate of drug-likeness (QED) is 0.103. The lowest BCUT2D eigenvalue weighted by molar-refractivity contribution is -0.282. The van der Waals surface area contributed by atoms with E-state index >= 15 is 0 Å². The molecule has 0 saturated carbocycles. The van der Waals surface area contributed by atoms with Gasteiger partial charge in [-0.15, -0.1) is 6.42 Å². The van der Waals surface area contributed by atoms with E-state index in [-0.39, 0.29) is 34.5 Å². The molecule has 1 amide bonds. The standard InChI is InChI=1S/C29H16Br2F8N2O3/c1-3-16-5-6-17(9-22(16)41-25(43)19-7-4-15(13-40)8-14(19)2)23(42)12-20-21(30)10-18(11-24(20)44-26(32)33)27(34,28(31,35)36)29(37,38)39/h1,4-11,26H,12H2,2H3,(H,41,43). The number of aryl methyl sites for hydroxylation is 1. The summed E-state index contributed by atoms with van der Waals surface area (Å²) in [6.45, 7) is -2.11. The second-order valence-electron chi connectivity index (χ2n) is 9.07. The third-order valence-electron chi connectivity index (χ3n) is 6.23. The summed E-state index contributed by atoms with van der Waals surface area (Å²) >= 11 is 4.13. The molecule has 1 atom stereocenters. The molecular formula is C29H16Br2F8N2O3. The summed E-state index contributed by atoms with van der Waals surface area (Å²) in [6.07, 6.45) is -1.57. The molecular weight excluding hydrogens is 736 g/mol. The fraction of sp³-hybridized carbons (Fsp3) is 0.207. The lowest BCUT2D eigenvalue weighted by atomic mass is 9.92. The molecule has 15 heteroatoms. The van der Waals surface area contributed by atoms with Crippen LogP contribution in [0.2, 0.25) is 0 Å². The van der Waals surface area contributed by atoms with E-state index in [1.807, 2.05) is 6.07 Å². The van der Waals surface area contributed by atoms with Crippen LogP contribution in [-0.4, -0.2) is 29.3 Å². The summed E-state index contributed by atoms with van der Waals surface area (Å²) in [4.78, 5) is 20.9. The minimum Gasteiger partial charge on any atom is -0.434 e. The summed E-state index contributed by atoms with van der Waals surface area (Å²) in [5.74, 6) is -0.375. The van der Waals surface area contributed by atoms with E-state index in [1.54, 1.807) is 6.92 Å². The maximum Gasteiger partial charge on any atom is 0.433 e. The number of alkyl halides is 9. The molecule has 0 saturated heterocycles. The zero-order chi connectivity index (χ0) is 33.2. The average molecular weight is 752 g/mol. The Kier molecular flexibility index (Phi) is 10.2. The van der Waals surface area contributed by atoms with E-state index < -0.39 is 62.7 Å². The highest BCUT2D eigenvalue weighted by atomic mass is 79.9. The number of rotatable bonds is 9. The minimum atomic E-state index is -6.21. The predicted molar refractivity (Wildman–Crippen MR) is 150 cm³/mol. The number of halogens is 10. The Balaban J connectivity index is 2.03. The zero-order valence-electron chi connectivity index (χ0n) is 21.9. The first-order chi connectivity index (χ1) is 20.3. The second-order valence-corrected chi connectivity index (χ2v) is 10.9. The van der Waals surface area contributed by atoms with Gasteiger partial charge in [0.15, 0.2) is 5.78 Å². The van der Waals surface area contributed by atoms with Crippen LogP contribution >= 0.6 is 31.9 Å². The van der Waals surface area contributed by atoms with Crippen LogP contribution in [0.15, 0.2) is 53.0 Å². The Morgan fingerprint density at radius 3 is 2.23 bits per heavy atom. The molecule has 3 aromatic carbocycles. The number of nitrogens with one attached hydrogen (secondary N) is 1. The Morgan fingerprint density at radius 2 is 1.70 bits per heavy atom. The zero-order valence-corrected chi connectivity index (χ0v) is 25.1. The topological polar surface area (TPSA) is 79.2 Å². The second kappa shape index (κ2) is 13.0. The molecule has 0 bridgehead atoms. The molecule has 0 aliphatic carbocycles. The van der Waals surface area contributed by atoms with Gasteiger partial charge in [-0.05, 0) is 70.9 Å². The van der Waals surface area contributed by atoms with Gasteiger partial charge in [0.25, 0.3) is 5.91 Å². The number of hydrogen-bond acceptors (Lipinski definition) is 4. The van der Waals surface area contributed by atoms with E-state index in [0.29, 0.717) is 11.1 Å². The minimum absolute atomic E-state index is 0.00913. The molecule has 1 N–H and O–H groups in total. The lowest BCUT2D eigenvalue weighted by Gasteiger charge is -2.32. The third kappa shape index (κ3) is 7.05. The molecule has 5 nitrogen and oxygen atoms in total. The van der Waals surface area contributed by atoms with Crippen LogP contribution in [0, 0.1) is 30.6 Å². The first-order valence-corrected chi connectivity index (χ1v) is 13.5. The fourth-order valence-electron chi connectivity index (χ4n) is 4.06. The van der Waals surface area contributed by atoms with Gasteiger partial charge in [0.1, 0.15) is 5.75 Å². The summed E-state index contributed by atoms with van der Waals surface area (Å²) < 4.78 is 113. The molecule has 44 heavy (non-hydrogen) atoms. The van der Waals surface area contributed by atoms with Crippen molar-refractivity contribution in [3.8, 4) is 24.2 Å². The summed E-state index contributed by atoms with van der Waals surface area (Å²) in [6, 6.07) is 10.2. The van der Waals surface area contributed by atoms with Crippen LogP contribution in [0.4, 0.5) is 40.8 Å². The van der Waals surface area contributed by atoms with Gasteiger partial charge in [0.05, 0.1) is 17.3 Å². The van der Waals surface area contributed by atoms with Gasteiger partial charge in [-0.3, -0.25) is 9.59 Å². The smallest absolute Gasteiger partial charge is 0.433 e. The fourth-order valence-corrected chi connectivity index (χ4v) is 5.09. The van der Waals surface area contributed by atoms with E-state index in [4.69, 9.17) is 11.7 Å². The van der Waals surface area contributed by atoms with E-state index in [1.165, 1.54) is 46.3 Å². The average Bonchev–Trinajstić information content (AvgIpc) is 2.92. The number of carbonyl (C=O) groups is 2. The van der Waals surface area contributed by atoms with Crippen molar-refractivity contribution < 1.29 is 49.4 Å². The van der Waals surface area contributed by atoms with Crippen LogP contribution in [0.1, 0.15) is 48.5 Å². The summed E-state index contributed by atoms with van der Waals surface area (Å²) in [5, 5.41) is 11.6. The van der Waals surface area contributed by atoms with Crippen molar-refractivity contribution in [3.05, 3.63) is 91.9 Å². The first-order valence-electron chi connectivity index (χ1n) is 11.9. The number of anilines is 1. The number of carbonyl (C=O) groups excluding carboxylic acids is 2. The van der Waals surface area contributed by atoms with E-state index in [0.717, 1.165) is 6.07 Å². The van der Waals surface area contributed by atoms with Crippen molar-refractivity contribution in [2.24, 2.45) is 0 Å². The predicted octanol–water partition coefficient (Wildman–Crippen LogP) is 8.60. The molecule has 0 aromatic heterocycles. The maximum atomic E-state index is 15.0. The Labute approximate surface area is 261 Å². The molecule has 3 aromatic rings. The highest BCUT2D eigenvalue weighted by Crippen LogP contribution is 2.56. The molecule has 0 spiro atoms. The molecule has 1 unspecified atom stereocenters. The highest BCUT2D eigenvalue weighted by molar-refractivity contribution is 9.10. The van der Waals surface area contributed by atoms with Gasteiger partial charge < -0.3 is 10.1 Å². The van der Waals surface area contributed by atoms with Crippen LogP contribution in [0.25, 0.3) is 0 Å². The Hall–Kier alpha value is -3.95. The van der Waals surface area contributed by atoms with Gasteiger partial charge in [-0.25, -0.2) is 4.39 Å². The summed E-state index contributed by atoms with van der Waals surface area (Å²) in [5.41, 5.74) is -6.77. The Morgan fingerprint density at radius 1 is 1.05 bits per heavy atom. The molecule has 0 aliphatic heterocycles. The third-order valence-corrected chi connectivity index (χ3v) is 7.49. The van der Waals surface area contributed by atoms with Gasteiger partial charge in [0.2, 0.25) is 0 Å². The molecule has 0 heterocycles. The molecule has 0 radical (unpaired) electrons. The normalized spacial score (nSPS) is 13.0. The van der Waals surface area contributed by atoms with Gasteiger partial charge >= 0.3 is 23.3 Å². The Bertz CT molecular complexity index is 1690. The first kappa shape index (κ1) is 34.5. The number of nitrogens with zero attached hydrogens (tertiary/aromatic N) is 1. The largest absolute Gasteiger partial charge is 0.434 e. The van der Waals surface area contributed by atoms with Crippen molar-refractivity contribution >= 4 is 49.2 Å². The number of ether oxygens (including phenoxy) is 1. The van der Waals surface area contributed by atoms with Crippen LogP contribution in [-0.2, 0) is 12.1 Å². The van der Waals surface area contributed by atoms with Crippen LogP contribution in [0.5, 0.6) is 5.75 Å². The number of ketones is 1. The monoisotopic (exact) mass is 750 g/mol. The van der Waals surface area contributed by atoms with Crippen LogP contribution in [0.3, 0.4) is 0 Å². The number of Topliss-reactive ketones (excluding diaryl/α,β-unsaturated/α-hetero) is 1. The molecule has 3 rings (SSSR count). The number of nitriles is 1. The van der Waals surface area contributed by atoms with Gasteiger partial charge in [0, 0.05) is 38.7 Å². The van der Waals surface area contributed by atoms with Crippen molar-refractivity contribution in [2.75, 3.05) is 5.32 Å². The van der Waals surface area contributed by atoms with Crippen molar-refractivity contribution in [2.45, 2.75) is 36.6 Å². The van der Waals surface area contributed by atoms with Crippen molar-refractivity contribution in [1.82, 2.24) is 0 Å².